The number of benzene rings is 1. The zero-order chi connectivity index (χ0) is 14.3. The van der Waals surface area contributed by atoms with Gasteiger partial charge in [0.15, 0.2) is 0 Å². The molecule has 1 aliphatic rings. The van der Waals surface area contributed by atoms with Gasteiger partial charge in [0.25, 0.3) is 0 Å². The molecule has 1 N–H and O–H groups in total. The molecule has 1 heterocycles. The first-order valence-corrected chi connectivity index (χ1v) is 7.31. The average Bonchev–Trinajstić information content (AvgIpc) is 2.63. The summed E-state index contributed by atoms with van der Waals surface area (Å²) in [6.07, 6.45) is 2.39. The van der Waals surface area contributed by atoms with E-state index in [0.717, 1.165) is 24.2 Å². The Hall–Kier alpha value is -1.61. The van der Waals surface area contributed by atoms with Crippen LogP contribution in [-0.4, -0.2) is 21.0 Å². The lowest BCUT2D eigenvalue weighted by molar-refractivity contribution is 0.151. The Kier molecular flexibility index (Phi) is 3.38. The number of hydrogen-bond acceptors (Lipinski definition) is 2. The number of rotatable bonds is 4. The fourth-order valence-corrected chi connectivity index (χ4v) is 3.33. The van der Waals surface area contributed by atoms with Gasteiger partial charge in [-0.25, -0.2) is 0 Å². The Morgan fingerprint density at radius 3 is 2.75 bits per heavy atom. The number of nitrogens with zero attached hydrogens (tertiary/aromatic N) is 2. The molecule has 1 aromatic heterocycles. The second kappa shape index (κ2) is 5.06. The normalized spacial score (nSPS) is 18.5. The van der Waals surface area contributed by atoms with E-state index in [1.165, 1.54) is 16.7 Å². The van der Waals surface area contributed by atoms with Crippen molar-refractivity contribution in [3.8, 4) is 0 Å². The Labute approximate surface area is 120 Å². The Balaban J connectivity index is 1.65. The molecule has 106 valence electrons. The van der Waals surface area contributed by atoms with Gasteiger partial charge in [-0.05, 0) is 49.3 Å². The maximum atomic E-state index is 10.4. The molecular formula is C17H22N2O. The molecule has 0 radical (unpaired) electrons. The monoisotopic (exact) mass is 270 g/mol. The largest absolute Gasteiger partial charge is 0.393 e. The molecule has 0 aliphatic heterocycles. The maximum absolute atomic E-state index is 10.4. The third kappa shape index (κ3) is 2.27. The minimum Gasteiger partial charge on any atom is -0.393 e. The summed E-state index contributed by atoms with van der Waals surface area (Å²) in [5, 5.41) is 14.8. The van der Waals surface area contributed by atoms with Crippen LogP contribution in [0.15, 0.2) is 24.3 Å². The van der Waals surface area contributed by atoms with Crippen LogP contribution >= 0.6 is 0 Å². The van der Waals surface area contributed by atoms with Gasteiger partial charge in [-0.1, -0.05) is 24.3 Å². The van der Waals surface area contributed by atoms with Crippen molar-refractivity contribution in [2.45, 2.75) is 45.1 Å². The van der Waals surface area contributed by atoms with E-state index in [4.69, 9.17) is 0 Å². The number of aliphatic hydroxyl groups excluding tert-OH is 1. The second-order valence-corrected chi connectivity index (χ2v) is 5.97. The van der Waals surface area contributed by atoms with E-state index in [1.54, 1.807) is 0 Å². The van der Waals surface area contributed by atoms with Gasteiger partial charge in [-0.15, -0.1) is 0 Å². The minimum absolute atomic E-state index is 0.282. The average molecular weight is 270 g/mol. The van der Waals surface area contributed by atoms with Gasteiger partial charge < -0.3 is 5.11 Å². The van der Waals surface area contributed by atoms with E-state index in [2.05, 4.69) is 36.3 Å². The SMILES string of the molecule is Cc1nn(C)c(C)c1CC(O)CC1Cc2ccccc21. The highest BCUT2D eigenvalue weighted by atomic mass is 16.3. The van der Waals surface area contributed by atoms with Crippen molar-refractivity contribution in [1.82, 2.24) is 9.78 Å². The zero-order valence-electron chi connectivity index (χ0n) is 12.4. The molecule has 20 heavy (non-hydrogen) atoms. The smallest absolute Gasteiger partial charge is 0.0629 e. The fraction of sp³-hybridized carbons (Fsp3) is 0.471. The van der Waals surface area contributed by atoms with Gasteiger partial charge in [0, 0.05) is 19.2 Å². The molecular weight excluding hydrogens is 248 g/mol. The highest BCUT2D eigenvalue weighted by molar-refractivity contribution is 5.40. The van der Waals surface area contributed by atoms with Crippen LogP contribution in [0.3, 0.4) is 0 Å². The van der Waals surface area contributed by atoms with Crippen molar-refractivity contribution in [2.75, 3.05) is 0 Å². The predicted molar refractivity (Wildman–Crippen MR) is 79.9 cm³/mol. The number of aryl methyl sites for hydroxylation is 2. The molecule has 2 atom stereocenters. The summed E-state index contributed by atoms with van der Waals surface area (Å²) < 4.78 is 1.90. The van der Waals surface area contributed by atoms with Gasteiger partial charge in [0.05, 0.1) is 11.8 Å². The number of fused-ring (bicyclic) bond motifs is 1. The molecule has 0 bridgehead atoms. The lowest BCUT2D eigenvalue weighted by Gasteiger charge is -2.31. The predicted octanol–water partition coefficient (Wildman–Crippen LogP) is 2.67. The van der Waals surface area contributed by atoms with Crippen LogP contribution in [-0.2, 0) is 19.9 Å². The van der Waals surface area contributed by atoms with Crippen molar-refractivity contribution in [2.24, 2.45) is 7.05 Å². The first-order chi connectivity index (χ1) is 9.56. The van der Waals surface area contributed by atoms with Crippen LogP contribution in [0.5, 0.6) is 0 Å². The molecule has 3 rings (SSSR count). The molecule has 3 heteroatoms. The Bertz CT molecular complexity index is 630. The molecule has 2 unspecified atom stereocenters. The second-order valence-electron chi connectivity index (χ2n) is 5.97. The molecule has 0 spiro atoms. The van der Waals surface area contributed by atoms with Gasteiger partial charge in [0.2, 0.25) is 0 Å². The van der Waals surface area contributed by atoms with E-state index in [0.29, 0.717) is 12.3 Å². The van der Waals surface area contributed by atoms with Crippen molar-refractivity contribution in [1.29, 1.82) is 0 Å². The van der Waals surface area contributed by atoms with E-state index >= 15 is 0 Å². The highest BCUT2D eigenvalue weighted by Gasteiger charge is 2.28. The van der Waals surface area contributed by atoms with Crippen LogP contribution in [0.2, 0.25) is 0 Å². The van der Waals surface area contributed by atoms with Crippen molar-refractivity contribution in [3.05, 3.63) is 52.3 Å². The van der Waals surface area contributed by atoms with E-state index in [1.807, 2.05) is 18.7 Å². The van der Waals surface area contributed by atoms with Crippen LogP contribution < -0.4 is 0 Å². The van der Waals surface area contributed by atoms with E-state index in [-0.39, 0.29) is 6.10 Å². The molecule has 1 aliphatic carbocycles. The van der Waals surface area contributed by atoms with Gasteiger partial charge in [-0.2, -0.15) is 5.10 Å². The summed E-state index contributed by atoms with van der Waals surface area (Å²) in [4.78, 5) is 0. The molecule has 0 saturated carbocycles. The first-order valence-electron chi connectivity index (χ1n) is 7.31. The minimum atomic E-state index is -0.282. The summed E-state index contributed by atoms with van der Waals surface area (Å²) >= 11 is 0. The highest BCUT2D eigenvalue weighted by Crippen LogP contribution is 2.38. The number of hydrogen-bond donors (Lipinski definition) is 1. The summed E-state index contributed by atoms with van der Waals surface area (Å²) in [7, 11) is 1.96. The topological polar surface area (TPSA) is 38.0 Å². The van der Waals surface area contributed by atoms with Crippen molar-refractivity contribution in [3.63, 3.8) is 0 Å². The van der Waals surface area contributed by atoms with Crippen LogP contribution in [0.25, 0.3) is 0 Å². The number of aliphatic hydroxyl groups is 1. The third-order valence-electron chi connectivity index (χ3n) is 4.62. The van der Waals surface area contributed by atoms with E-state index in [9.17, 15) is 5.11 Å². The third-order valence-corrected chi connectivity index (χ3v) is 4.62. The lowest BCUT2D eigenvalue weighted by Crippen LogP contribution is -2.23. The summed E-state index contributed by atoms with van der Waals surface area (Å²) in [6, 6.07) is 8.56. The summed E-state index contributed by atoms with van der Waals surface area (Å²) in [5.41, 5.74) is 6.27. The quantitative estimate of drug-likeness (QED) is 0.927. The van der Waals surface area contributed by atoms with Crippen LogP contribution in [0, 0.1) is 13.8 Å². The number of aromatic nitrogens is 2. The Morgan fingerprint density at radius 1 is 1.35 bits per heavy atom. The lowest BCUT2D eigenvalue weighted by atomic mass is 9.74. The molecule has 0 amide bonds. The molecule has 3 nitrogen and oxygen atoms in total. The first kappa shape index (κ1) is 13.4. The van der Waals surface area contributed by atoms with Gasteiger partial charge in [-0.3, -0.25) is 4.68 Å². The zero-order valence-corrected chi connectivity index (χ0v) is 12.4. The van der Waals surface area contributed by atoms with Crippen molar-refractivity contribution < 1.29 is 5.11 Å². The molecule has 0 fully saturated rings. The van der Waals surface area contributed by atoms with E-state index < -0.39 is 0 Å². The van der Waals surface area contributed by atoms with Crippen molar-refractivity contribution >= 4 is 0 Å². The van der Waals surface area contributed by atoms with Crippen LogP contribution in [0.1, 0.15) is 40.4 Å². The standard InChI is InChI=1S/C17H22N2O/c1-11-17(12(2)19(3)18-11)10-15(20)9-14-8-13-6-4-5-7-16(13)14/h4-7,14-15,20H,8-10H2,1-3H3. The van der Waals surface area contributed by atoms with Gasteiger partial charge in [0.1, 0.15) is 0 Å². The van der Waals surface area contributed by atoms with Gasteiger partial charge >= 0.3 is 0 Å². The summed E-state index contributed by atoms with van der Waals surface area (Å²) in [6.45, 7) is 4.09. The Morgan fingerprint density at radius 2 is 2.10 bits per heavy atom. The molecule has 1 aromatic carbocycles. The maximum Gasteiger partial charge on any atom is 0.0629 e. The fourth-order valence-electron chi connectivity index (χ4n) is 3.33. The van der Waals surface area contributed by atoms with Crippen LogP contribution in [0.4, 0.5) is 0 Å². The molecule has 2 aromatic rings. The molecule has 0 saturated heterocycles. The summed E-state index contributed by atoms with van der Waals surface area (Å²) in [5.74, 6) is 0.526.